The second-order valence-electron chi connectivity index (χ2n) is 3.03. The summed E-state index contributed by atoms with van der Waals surface area (Å²) in [6.07, 6.45) is 2.48. The van der Waals surface area contributed by atoms with Gasteiger partial charge in [-0.25, -0.2) is 0 Å². The SMILES string of the molecule is C=CCc1ccc(O)c(NC(C)=O)c1. The minimum absolute atomic E-state index is 0.0769. The van der Waals surface area contributed by atoms with Crippen LogP contribution in [-0.2, 0) is 11.2 Å². The fraction of sp³-hybridized carbons (Fsp3) is 0.182. The van der Waals surface area contributed by atoms with E-state index in [9.17, 15) is 9.90 Å². The summed E-state index contributed by atoms with van der Waals surface area (Å²) in [4.78, 5) is 10.8. The zero-order valence-corrected chi connectivity index (χ0v) is 8.08. The second kappa shape index (κ2) is 4.46. The van der Waals surface area contributed by atoms with Gasteiger partial charge in [0, 0.05) is 6.92 Å². The Morgan fingerprint density at radius 1 is 1.64 bits per heavy atom. The number of hydrogen-bond acceptors (Lipinski definition) is 2. The first-order valence-electron chi connectivity index (χ1n) is 4.34. The molecule has 0 aromatic heterocycles. The lowest BCUT2D eigenvalue weighted by Crippen LogP contribution is -2.06. The van der Waals surface area contributed by atoms with Gasteiger partial charge in [-0.05, 0) is 24.1 Å². The predicted octanol–water partition coefficient (Wildman–Crippen LogP) is 2.08. The lowest BCUT2D eigenvalue weighted by Gasteiger charge is -2.06. The molecular weight excluding hydrogens is 178 g/mol. The third kappa shape index (κ3) is 2.62. The van der Waals surface area contributed by atoms with Crippen molar-refractivity contribution in [3.63, 3.8) is 0 Å². The third-order valence-electron chi connectivity index (χ3n) is 1.75. The quantitative estimate of drug-likeness (QED) is 0.567. The topological polar surface area (TPSA) is 49.3 Å². The first-order valence-corrected chi connectivity index (χ1v) is 4.34. The zero-order chi connectivity index (χ0) is 10.6. The number of rotatable bonds is 3. The molecule has 1 amide bonds. The van der Waals surface area contributed by atoms with Gasteiger partial charge in [-0.3, -0.25) is 4.79 Å². The molecule has 0 aliphatic rings. The van der Waals surface area contributed by atoms with Gasteiger partial charge in [0.05, 0.1) is 5.69 Å². The summed E-state index contributed by atoms with van der Waals surface area (Å²) in [5, 5.41) is 12.0. The van der Waals surface area contributed by atoms with Crippen LogP contribution < -0.4 is 5.32 Å². The number of allylic oxidation sites excluding steroid dienone is 1. The highest BCUT2D eigenvalue weighted by atomic mass is 16.3. The van der Waals surface area contributed by atoms with E-state index >= 15 is 0 Å². The molecule has 74 valence electrons. The standard InChI is InChI=1S/C11H13NO2/c1-3-4-9-5-6-11(14)10(7-9)12-8(2)13/h3,5-7,14H,1,4H2,2H3,(H,12,13). The highest BCUT2D eigenvalue weighted by Gasteiger charge is 2.03. The number of hydrogen-bond donors (Lipinski definition) is 2. The molecular formula is C11H13NO2. The number of carbonyl (C=O) groups is 1. The Balaban J connectivity index is 2.95. The van der Waals surface area contributed by atoms with Crippen LogP contribution in [-0.4, -0.2) is 11.0 Å². The minimum Gasteiger partial charge on any atom is -0.506 e. The monoisotopic (exact) mass is 191 g/mol. The van der Waals surface area contributed by atoms with Crippen molar-refractivity contribution >= 4 is 11.6 Å². The van der Waals surface area contributed by atoms with Crippen LogP contribution in [0.2, 0.25) is 0 Å². The summed E-state index contributed by atoms with van der Waals surface area (Å²) >= 11 is 0. The van der Waals surface area contributed by atoms with E-state index in [4.69, 9.17) is 0 Å². The Kier molecular flexibility index (Phi) is 3.29. The summed E-state index contributed by atoms with van der Waals surface area (Å²) in [6, 6.07) is 5.09. The van der Waals surface area contributed by atoms with Crippen molar-refractivity contribution in [2.24, 2.45) is 0 Å². The fourth-order valence-corrected chi connectivity index (χ4v) is 1.17. The van der Waals surface area contributed by atoms with Crippen LogP contribution in [0.15, 0.2) is 30.9 Å². The molecule has 0 heterocycles. The van der Waals surface area contributed by atoms with Gasteiger partial charge in [-0.15, -0.1) is 6.58 Å². The molecule has 0 saturated carbocycles. The van der Waals surface area contributed by atoms with Crippen LogP contribution in [0.5, 0.6) is 5.75 Å². The Morgan fingerprint density at radius 2 is 2.36 bits per heavy atom. The zero-order valence-electron chi connectivity index (χ0n) is 8.08. The molecule has 0 unspecified atom stereocenters. The number of carbonyl (C=O) groups excluding carboxylic acids is 1. The number of amides is 1. The van der Waals surface area contributed by atoms with Crippen molar-refractivity contribution in [3.8, 4) is 5.75 Å². The van der Waals surface area contributed by atoms with E-state index in [1.807, 2.05) is 0 Å². The van der Waals surface area contributed by atoms with Gasteiger partial charge >= 0.3 is 0 Å². The molecule has 0 aliphatic carbocycles. The molecule has 1 aromatic carbocycles. The maximum atomic E-state index is 10.8. The van der Waals surface area contributed by atoms with Crippen LogP contribution in [0.1, 0.15) is 12.5 Å². The predicted molar refractivity (Wildman–Crippen MR) is 56.3 cm³/mol. The molecule has 0 spiro atoms. The van der Waals surface area contributed by atoms with E-state index in [2.05, 4.69) is 11.9 Å². The Hall–Kier alpha value is -1.77. The van der Waals surface area contributed by atoms with E-state index in [-0.39, 0.29) is 11.7 Å². The van der Waals surface area contributed by atoms with E-state index in [0.717, 1.165) is 5.56 Å². The van der Waals surface area contributed by atoms with Gasteiger partial charge in [0.25, 0.3) is 0 Å². The number of nitrogens with one attached hydrogen (secondary N) is 1. The molecule has 0 bridgehead atoms. The van der Waals surface area contributed by atoms with E-state index in [1.165, 1.54) is 6.92 Å². The summed E-state index contributed by atoms with van der Waals surface area (Å²) in [5.41, 5.74) is 1.44. The number of phenolic OH excluding ortho intramolecular Hbond substituents is 1. The van der Waals surface area contributed by atoms with Crippen molar-refractivity contribution in [3.05, 3.63) is 36.4 Å². The molecule has 3 heteroatoms. The number of phenols is 1. The van der Waals surface area contributed by atoms with Gasteiger partial charge in [0.1, 0.15) is 5.75 Å². The molecule has 0 saturated heterocycles. The average molecular weight is 191 g/mol. The minimum atomic E-state index is -0.198. The van der Waals surface area contributed by atoms with E-state index < -0.39 is 0 Å². The van der Waals surface area contributed by atoms with Crippen molar-refractivity contribution in [2.45, 2.75) is 13.3 Å². The van der Waals surface area contributed by atoms with Gasteiger partial charge in [0.15, 0.2) is 0 Å². The molecule has 0 aliphatic heterocycles. The van der Waals surface area contributed by atoms with Crippen LogP contribution in [0.4, 0.5) is 5.69 Å². The normalized spacial score (nSPS) is 9.50. The van der Waals surface area contributed by atoms with Crippen LogP contribution in [0.25, 0.3) is 0 Å². The Bertz CT molecular complexity index is 358. The highest BCUT2D eigenvalue weighted by Crippen LogP contribution is 2.24. The fourth-order valence-electron chi connectivity index (χ4n) is 1.17. The average Bonchev–Trinajstić information content (AvgIpc) is 2.10. The highest BCUT2D eigenvalue weighted by molar-refractivity contribution is 5.90. The molecule has 1 aromatic rings. The summed E-state index contributed by atoms with van der Waals surface area (Å²) in [5.74, 6) is -0.121. The molecule has 0 radical (unpaired) electrons. The third-order valence-corrected chi connectivity index (χ3v) is 1.75. The molecule has 0 atom stereocenters. The second-order valence-corrected chi connectivity index (χ2v) is 3.03. The van der Waals surface area contributed by atoms with Crippen molar-refractivity contribution in [1.82, 2.24) is 0 Å². The maximum absolute atomic E-state index is 10.8. The number of benzene rings is 1. The smallest absolute Gasteiger partial charge is 0.221 e. The van der Waals surface area contributed by atoms with Crippen LogP contribution in [0, 0.1) is 0 Å². The molecule has 2 N–H and O–H groups in total. The van der Waals surface area contributed by atoms with Gasteiger partial charge in [-0.1, -0.05) is 12.1 Å². The Labute approximate surface area is 83.1 Å². The maximum Gasteiger partial charge on any atom is 0.221 e. The number of anilines is 1. The van der Waals surface area contributed by atoms with E-state index in [0.29, 0.717) is 12.1 Å². The van der Waals surface area contributed by atoms with Gasteiger partial charge < -0.3 is 10.4 Å². The van der Waals surface area contributed by atoms with Crippen molar-refractivity contribution < 1.29 is 9.90 Å². The summed E-state index contributed by atoms with van der Waals surface area (Å²) < 4.78 is 0. The van der Waals surface area contributed by atoms with E-state index in [1.54, 1.807) is 24.3 Å². The van der Waals surface area contributed by atoms with Crippen molar-refractivity contribution in [2.75, 3.05) is 5.32 Å². The Morgan fingerprint density at radius 3 is 2.93 bits per heavy atom. The molecule has 3 nitrogen and oxygen atoms in total. The lowest BCUT2D eigenvalue weighted by molar-refractivity contribution is -0.114. The lowest BCUT2D eigenvalue weighted by atomic mass is 10.1. The first kappa shape index (κ1) is 10.3. The van der Waals surface area contributed by atoms with Crippen LogP contribution in [0.3, 0.4) is 0 Å². The van der Waals surface area contributed by atoms with Crippen LogP contribution >= 0.6 is 0 Å². The molecule has 14 heavy (non-hydrogen) atoms. The molecule has 1 rings (SSSR count). The molecule has 0 fully saturated rings. The van der Waals surface area contributed by atoms with Gasteiger partial charge in [-0.2, -0.15) is 0 Å². The summed E-state index contributed by atoms with van der Waals surface area (Å²) in [7, 11) is 0. The first-order chi connectivity index (χ1) is 6.63. The number of aromatic hydroxyl groups is 1. The van der Waals surface area contributed by atoms with Crippen molar-refractivity contribution in [1.29, 1.82) is 0 Å². The summed E-state index contributed by atoms with van der Waals surface area (Å²) in [6.45, 7) is 5.02. The largest absolute Gasteiger partial charge is 0.506 e. The van der Waals surface area contributed by atoms with Gasteiger partial charge in [0.2, 0.25) is 5.91 Å².